The van der Waals surface area contributed by atoms with Gasteiger partial charge in [-0.2, -0.15) is 0 Å². The lowest BCUT2D eigenvalue weighted by Crippen LogP contribution is -2.53. The molecule has 2 aliphatic carbocycles. The maximum absolute atomic E-state index is 12.0. The first-order valence-corrected chi connectivity index (χ1v) is 7.36. The van der Waals surface area contributed by atoms with Crippen LogP contribution in [0.1, 0.15) is 59.8 Å². The van der Waals surface area contributed by atoms with E-state index in [4.69, 9.17) is 5.11 Å². The molecule has 0 bridgehead atoms. The highest BCUT2D eigenvalue weighted by Gasteiger charge is 2.52. The first kappa shape index (κ1) is 15.1. The van der Waals surface area contributed by atoms with E-state index in [-0.39, 0.29) is 22.9 Å². The summed E-state index contributed by atoms with van der Waals surface area (Å²) in [4.78, 5) is 23.1. The number of carboxylic acid groups (broad SMARTS) is 1. The van der Waals surface area contributed by atoms with Crippen molar-refractivity contribution < 1.29 is 14.7 Å². The Balaban J connectivity index is 1.93. The molecule has 20 heavy (non-hydrogen) atoms. The third kappa shape index (κ3) is 3.44. The minimum atomic E-state index is -1.01. The Kier molecular flexibility index (Phi) is 3.51. The lowest BCUT2D eigenvalue weighted by molar-refractivity contribution is -0.140. The highest BCUT2D eigenvalue weighted by Crippen LogP contribution is 2.45. The number of amides is 2. The van der Waals surface area contributed by atoms with Gasteiger partial charge in [0.15, 0.2) is 0 Å². The number of hydrogen-bond acceptors (Lipinski definition) is 2. The largest absolute Gasteiger partial charge is 0.480 e. The van der Waals surface area contributed by atoms with Crippen LogP contribution in [0.4, 0.5) is 4.79 Å². The molecule has 2 aliphatic rings. The van der Waals surface area contributed by atoms with Gasteiger partial charge in [0.25, 0.3) is 0 Å². The lowest BCUT2D eigenvalue weighted by Gasteiger charge is -2.45. The summed E-state index contributed by atoms with van der Waals surface area (Å²) in [5.41, 5.74) is -0.614. The van der Waals surface area contributed by atoms with Crippen LogP contribution in [0, 0.1) is 10.8 Å². The molecule has 0 atom stereocenters. The summed E-state index contributed by atoms with van der Waals surface area (Å²) in [6, 6.07) is -0.234. The molecule has 0 aromatic carbocycles. The predicted octanol–water partition coefficient (Wildman–Crippen LogP) is 2.51. The molecule has 2 saturated carbocycles. The van der Waals surface area contributed by atoms with Crippen molar-refractivity contribution in [2.24, 2.45) is 10.8 Å². The Morgan fingerprint density at radius 2 is 1.55 bits per heavy atom. The second kappa shape index (κ2) is 4.64. The van der Waals surface area contributed by atoms with Gasteiger partial charge in [-0.05, 0) is 42.9 Å². The molecule has 0 aliphatic heterocycles. The number of hydrogen-bond donors (Lipinski definition) is 3. The number of carboxylic acids is 1. The zero-order chi connectivity index (χ0) is 15.2. The molecular formula is C15H26N2O3. The maximum Gasteiger partial charge on any atom is 0.329 e. The molecular weight excluding hydrogens is 256 g/mol. The van der Waals surface area contributed by atoms with Crippen LogP contribution in [0.3, 0.4) is 0 Å². The average Bonchev–Trinajstić information content (AvgIpc) is 2.92. The van der Waals surface area contributed by atoms with Gasteiger partial charge in [-0.1, -0.05) is 27.7 Å². The monoisotopic (exact) mass is 282 g/mol. The number of urea groups is 1. The molecule has 2 fully saturated rings. The summed E-state index contributed by atoms with van der Waals surface area (Å²) in [7, 11) is 0. The Morgan fingerprint density at radius 3 is 1.95 bits per heavy atom. The van der Waals surface area contributed by atoms with E-state index in [2.05, 4.69) is 38.3 Å². The van der Waals surface area contributed by atoms with Crippen molar-refractivity contribution in [1.82, 2.24) is 10.6 Å². The molecule has 114 valence electrons. The first-order valence-electron chi connectivity index (χ1n) is 7.36. The van der Waals surface area contributed by atoms with Crippen LogP contribution in [-0.4, -0.2) is 28.7 Å². The van der Waals surface area contributed by atoms with Crippen LogP contribution in [0.5, 0.6) is 0 Å². The van der Waals surface area contributed by atoms with E-state index in [1.807, 2.05) is 0 Å². The number of carbonyl (C=O) groups is 2. The molecule has 5 nitrogen and oxygen atoms in total. The van der Waals surface area contributed by atoms with Crippen LogP contribution in [0.15, 0.2) is 0 Å². The summed E-state index contributed by atoms with van der Waals surface area (Å²) in [6.45, 7) is 8.89. The van der Waals surface area contributed by atoms with E-state index >= 15 is 0 Å². The van der Waals surface area contributed by atoms with Crippen LogP contribution >= 0.6 is 0 Å². The van der Waals surface area contributed by atoms with E-state index in [0.29, 0.717) is 12.8 Å². The maximum atomic E-state index is 12.0. The normalized spacial score (nSPS) is 26.6. The minimum absolute atomic E-state index is 0.110. The standard InChI is InChI=1S/C15H26N2O3/c1-13(2)7-10(8-14(3,4)9-13)16-12(20)17-15(5-6-15)11(18)19/h10H,5-9H2,1-4H3,(H,18,19)(H2,16,17,20). The Bertz CT molecular complexity index is 409. The van der Waals surface area contributed by atoms with Crippen molar-refractivity contribution in [3.8, 4) is 0 Å². The van der Waals surface area contributed by atoms with E-state index in [9.17, 15) is 9.59 Å². The molecule has 0 radical (unpaired) electrons. The summed E-state index contributed by atoms with van der Waals surface area (Å²) < 4.78 is 0. The fraction of sp³-hybridized carbons (Fsp3) is 0.867. The quantitative estimate of drug-likeness (QED) is 0.744. The summed E-state index contributed by atoms with van der Waals surface area (Å²) in [5.74, 6) is -0.933. The van der Waals surface area contributed by atoms with Gasteiger partial charge in [0.1, 0.15) is 5.54 Å². The summed E-state index contributed by atoms with van der Waals surface area (Å²) >= 11 is 0. The molecule has 0 saturated heterocycles. The fourth-order valence-electron chi connectivity index (χ4n) is 3.90. The van der Waals surface area contributed by atoms with Gasteiger partial charge in [0.05, 0.1) is 0 Å². The molecule has 0 spiro atoms. The average molecular weight is 282 g/mol. The van der Waals surface area contributed by atoms with Crippen molar-refractivity contribution in [2.45, 2.75) is 71.4 Å². The summed E-state index contributed by atoms with van der Waals surface area (Å²) in [5, 5.41) is 14.7. The molecule has 3 N–H and O–H groups in total. The first-order chi connectivity index (χ1) is 9.04. The van der Waals surface area contributed by atoms with Crippen LogP contribution in [0.25, 0.3) is 0 Å². The van der Waals surface area contributed by atoms with E-state index in [1.165, 1.54) is 0 Å². The van der Waals surface area contributed by atoms with Gasteiger partial charge in [-0.3, -0.25) is 0 Å². The van der Waals surface area contributed by atoms with Gasteiger partial charge in [0, 0.05) is 6.04 Å². The van der Waals surface area contributed by atoms with E-state index in [0.717, 1.165) is 19.3 Å². The fourth-order valence-corrected chi connectivity index (χ4v) is 3.90. The molecule has 0 unspecified atom stereocenters. The third-order valence-corrected chi connectivity index (χ3v) is 4.40. The minimum Gasteiger partial charge on any atom is -0.480 e. The highest BCUT2D eigenvalue weighted by atomic mass is 16.4. The predicted molar refractivity (Wildman–Crippen MR) is 76.5 cm³/mol. The number of nitrogens with one attached hydrogen (secondary N) is 2. The number of aliphatic carboxylic acids is 1. The second-order valence-electron chi connectivity index (χ2n) is 8.10. The summed E-state index contributed by atoms with van der Waals surface area (Å²) in [6.07, 6.45) is 4.06. The zero-order valence-corrected chi connectivity index (χ0v) is 12.9. The van der Waals surface area contributed by atoms with E-state index in [1.54, 1.807) is 0 Å². The van der Waals surface area contributed by atoms with Crippen molar-refractivity contribution in [3.05, 3.63) is 0 Å². The van der Waals surface area contributed by atoms with Crippen LogP contribution < -0.4 is 10.6 Å². The van der Waals surface area contributed by atoms with Crippen molar-refractivity contribution in [2.75, 3.05) is 0 Å². The van der Waals surface area contributed by atoms with Crippen molar-refractivity contribution >= 4 is 12.0 Å². The van der Waals surface area contributed by atoms with E-state index < -0.39 is 11.5 Å². The molecule has 0 aromatic heterocycles. The van der Waals surface area contributed by atoms with Crippen LogP contribution in [0.2, 0.25) is 0 Å². The van der Waals surface area contributed by atoms with Gasteiger partial charge in [-0.15, -0.1) is 0 Å². The van der Waals surface area contributed by atoms with Crippen LogP contribution in [-0.2, 0) is 4.79 Å². The Hall–Kier alpha value is -1.26. The lowest BCUT2D eigenvalue weighted by atomic mass is 9.63. The molecule has 2 amide bonds. The molecule has 0 aromatic rings. The highest BCUT2D eigenvalue weighted by molar-refractivity contribution is 5.89. The zero-order valence-electron chi connectivity index (χ0n) is 12.9. The molecule has 5 heteroatoms. The van der Waals surface area contributed by atoms with Crippen molar-refractivity contribution in [1.29, 1.82) is 0 Å². The number of carbonyl (C=O) groups excluding carboxylic acids is 1. The molecule has 0 heterocycles. The van der Waals surface area contributed by atoms with Gasteiger partial charge in [-0.25, -0.2) is 9.59 Å². The van der Waals surface area contributed by atoms with Gasteiger partial charge < -0.3 is 15.7 Å². The van der Waals surface area contributed by atoms with Crippen molar-refractivity contribution in [3.63, 3.8) is 0 Å². The SMILES string of the molecule is CC1(C)CC(NC(=O)NC2(C(=O)O)CC2)CC(C)(C)C1. The Labute approximate surface area is 120 Å². The number of rotatable bonds is 3. The topological polar surface area (TPSA) is 78.4 Å². The molecule has 2 rings (SSSR count). The smallest absolute Gasteiger partial charge is 0.329 e. The van der Waals surface area contributed by atoms with Gasteiger partial charge in [0.2, 0.25) is 0 Å². The third-order valence-electron chi connectivity index (χ3n) is 4.40. The Morgan fingerprint density at radius 1 is 1.05 bits per heavy atom. The second-order valence-corrected chi connectivity index (χ2v) is 8.10. The van der Waals surface area contributed by atoms with Gasteiger partial charge >= 0.3 is 12.0 Å².